The Balaban J connectivity index is 3.42. The van der Waals surface area contributed by atoms with Gasteiger partial charge in [-0.25, -0.2) is 0 Å². The molecule has 77 valence electrons. The minimum atomic E-state index is -1.15. The molecule has 1 aliphatic carbocycles. The van der Waals surface area contributed by atoms with Crippen molar-refractivity contribution in [2.75, 3.05) is 0 Å². The van der Waals surface area contributed by atoms with Gasteiger partial charge in [-0.3, -0.25) is 0 Å². The normalized spacial score (nSPS) is 29.0. The van der Waals surface area contributed by atoms with Gasteiger partial charge in [0.05, 0.1) is 0 Å². The van der Waals surface area contributed by atoms with Gasteiger partial charge in [-0.05, 0) is 0 Å². The summed E-state index contributed by atoms with van der Waals surface area (Å²) >= 11 is 1.61. The molecule has 0 amide bonds. The van der Waals surface area contributed by atoms with Gasteiger partial charge in [-0.15, -0.1) is 0 Å². The Hall–Kier alpha value is 0.580. The molecule has 1 rings (SSSR count). The molecule has 0 aliphatic heterocycles. The van der Waals surface area contributed by atoms with Crippen LogP contribution in [-0.4, -0.2) is 8.07 Å². The molecule has 0 bridgehead atoms. The first kappa shape index (κ1) is 12.6. The fraction of sp³-hybridized carbons (Fsp3) is 0.667. The summed E-state index contributed by atoms with van der Waals surface area (Å²) in [5.74, 6) is 0. The van der Waals surface area contributed by atoms with E-state index in [4.69, 9.17) is 0 Å². The van der Waals surface area contributed by atoms with Gasteiger partial charge in [-0.2, -0.15) is 0 Å². The van der Waals surface area contributed by atoms with E-state index in [9.17, 15) is 0 Å². The van der Waals surface area contributed by atoms with Crippen molar-refractivity contribution in [1.82, 2.24) is 0 Å². The van der Waals surface area contributed by atoms with Crippen LogP contribution in [0.3, 0.4) is 0 Å². The third-order valence-corrected chi connectivity index (χ3v) is 10.6. The second kappa shape index (κ2) is 3.56. The molecule has 2 heteroatoms. The molecule has 0 aromatic heterocycles. The van der Waals surface area contributed by atoms with Crippen molar-refractivity contribution < 1.29 is 24.7 Å². The van der Waals surface area contributed by atoms with E-state index in [1.165, 1.54) is 0 Å². The molecular weight excluding hydrogens is 263 g/mol. The van der Waals surface area contributed by atoms with Crippen molar-refractivity contribution in [3.8, 4) is 0 Å². The Kier molecular flexibility index (Phi) is 3.21. The van der Waals surface area contributed by atoms with Crippen molar-refractivity contribution in [2.24, 2.45) is 0 Å². The summed E-state index contributed by atoms with van der Waals surface area (Å²) in [5.41, 5.74) is 4.77. The molecular formula is C12H21SiZr. The standard InChI is InChI=1S/C12H21Si.Zr/c1-9-8-12(4,13(5,6)7)11(3)10(9)2;/h1-7H3;. The Morgan fingerprint density at radius 1 is 1.00 bits per heavy atom. The first-order chi connectivity index (χ1) is 6.14. The Morgan fingerprint density at radius 3 is 1.57 bits per heavy atom. The van der Waals surface area contributed by atoms with E-state index < -0.39 is 8.07 Å². The van der Waals surface area contributed by atoms with E-state index in [0.29, 0.717) is 5.04 Å². The summed E-state index contributed by atoms with van der Waals surface area (Å²) in [7, 11) is -1.15. The maximum absolute atomic E-state index is 2.49. The summed E-state index contributed by atoms with van der Waals surface area (Å²) in [5, 5.41) is 0.430. The van der Waals surface area contributed by atoms with E-state index in [2.05, 4.69) is 47.3 Å². The van der Waals surface area contributed by atoms with Gasteiger partial charge in [0, 0.05) is 0 Å². The molecule has 0 aromatic rings. The monoisotopic (exact) mass is 283 g/mol. The van der Waals surface area contributed by atoms with Gasteiger partial charge in [0.15, 0.2) is 0 Å². The van der Waals surface area contributed by atoms with Gasteiger partial charge in [-0.1, -0.05) is 0 Å². The average Bonchev–Trinajstić information content (AvgIpc) is 2.21. The van der Waals surface area contributed by atoms with Crippen LogP contribution in [0.5, 0.6) is 0 Å². The van der Waals surface area contributed by atoms with E-state index in [1.807, 2.05) is 0 Å². The van der Waals surface area contributed by atoms with Crippen LogP contribution < -0.4 is 0 Å². The summed E-state index contributed by atoms with van der Waals surface area (Å²) in [6, 6.07) is 0. The molecule has 1 aliphatic rings. The van der Waals surface area contributed by atoms with Crippen LogP contribution in [0.2, 0.25) is 24.7 Å². The number of allylic oxidation sites excluding steroid dienone is 4. The average molecular weight is 285 g/mol. The third-order valence-electron chi connectivity index (χ3n) is 4.25. The van der Waals surface area contributed by atoms with Crippen molar-refractivity contribution in [2.45, 2.75) is 52.4 Å². The summed E-state index contributed by atoms with van der Waals surface area (Å²) in [6.45, 7) is 16.9. The Bertz CT molecular complexity index is 305. The molecule has 0 N–H and O–H groups in total. The van der Waals surface area contributed by atoms with Crippen LogP contribution in [0, 0.1) is 0 Å². The number of hydrogen-bond acceptors (Lipinski definition) is 0. The van der Waals surface area contributed by atoms with E-state index in [0.717, 1.165) is 0 Å². The molecule has 0 spiro atoms. The van der Waals surface area contributed by atoms with Gasteiger partial charge in [0.1, 0.15) is 0 Å². The van der Waals surface area contributed by atoms with Gasteiger partial charge < -0.3 is 0 Å². The molecule has 0 saturated heterocycles. The summed E-state index contributed by atoms with van der Waals surface area (Å²) < 4.78 is 1.71. The molecule has 0 nitrogen and oxygen atoms in total. The molecule has 0 radical (unpaired) electrons. The van der Waals surface area contributed by atoms with Crippen LogP contribution in [0.15, 0.2) is 20.0 Å². The van der Waals surface area contributed by atoms with Crippen molar-refractivity contribution in [1.29, 1.82) is 0 Å². The van der Waals surface area contributed by atoms with Crippen LogP contribution in [-0.2, 0) is 24.7 Å². The van der Waals surface area contributed by atoms with Crippen molar-refractivity contribution >= 4 is 8.07 Å². The quantitative estimate of drug-likeness (QED) is 0.631. The van der Waals surface area contributed by atoms with Crippen LogP contribution in [0.4, 0.5) is 0 Å². The predicted molar refractivity (Wildman–Crippen MR) is 62.8 cm³/mol. The van der Waals surface area contributed by atoms with Gasteiger partial charge >= 0.3 is 105 Å². The Morgan fingerprint density at radius 2 is 1.43 bits per heavy atom. The maximum atomic E-state index is 2.49. The molecule has 0 saturated carbocycles. The van der Waals surface area contributed by atoms with E-state index in [1.54, 1.807) is 44.7 Å². The zero-order chi connectivity index (χ0) is 11.3. The Labute approximate surface area is 105 Å². The first-order valence-corrected chi connectivity index (χ1v) is 9.98. The summed E-state index contributed by atoms with van der Waals surface area (Å²) in [4.78, 5) is 0. The SMILES string of the molecule is CC1=C(C)C(C)([Si](C)(C)C)[C]([Zr])=C1C. The molecule has 0 aromatic carbocycles. The second-order valence-electron chi connectivity index (χ2n) is 5.62. The van der Waals surface area contributed by atoms with Crippen LogP contribution in [0.25, 0.3) is 0 Å². The molecule has 1 unspecified atom stereocenters. The fourth-order valence-corrected chi connectivity index (χ4v) is 8.28. The minimum absolute atomic E-state index is 0.430. The zero-order valence-electron chi connectivity index (χ0n) is 10.5. The van der Waals surface area contributed by atoms with E-state index in [-0.39, 0.29) is 0 Å². The third kappa shape index (κ3) is 1.50. The zero-order valence-corrected chi connectivity index (χ0v) is 14.0. The van der Waals surface area contributed by atoms with Crippen LogP contribution >= 0.6 is 0 Å². The van der Waals surface area contributed by atoms with Crippen LogP contribution in [0.1, 0.15) is 27.7 Å². The number of rotatable bonds is 1. The first-order valence-electron chi connectivity index (χ1n) is 5.25. The van der Waals surface area contributed by atoms with Gasteiger partial charge in [0.25, 0.3) is 0 Å². The molecule has 0 heterocycles. The topological polar surface area (TPSA) is 0 Å². The summed E-state index contributed by atoms with van der Waals surface area (Å²) in [6.07, 6.45) is 0. The van der Waals surface area contributed by atoms with Crippen molar-refractivity contribution in [3.05, 3.63) is 20.0 Å². The molecule has 0 fully saturated rings. The van der Waals surface area contributed by atoms with Gasteiger partial charge in [0.2, 0.25) is 0 Å². The van der Waals surface area contributed by atoms with Crippen molar-refractivity contribution in [3.63, 3.8) is 0 Å². The number of hydrogen-bond donors (Lipinski definition) is 0. The fourth-order valence-electron chi connectivity index (χ4n) is 2.34. The second-order valence-corrected chi connectivity index (χ2v) is 12.4. The molecule has 14 heavy (non-hydrogen) atoms. The predicted octanol–water partition coefficient (Wildman–Crippen LogP) is 4.26. The van der Waals surface area contributed by atoms with E-state index >= 15 is 0 Å². The molecule has 1 atom stereocenters.